The zero-order valence-corrected chi connectivity index (χ0v) is 15.0. The SMILES string of the molecule is Cc1nnc(-c2cccc(OC3=NO[C@@H](c4ccc(OC(F)(F)F)cc4)C3)c2)o1. The van der Waals surface area contributed by atoms with E-state index in [4.69, 9.17) is 14.0 Å². The van der Waals surface area contributed by atoms with Gasteiger partial charge in [0.2, 0.25) is 17.7 Å². The molecule has 1 aromatic heterocycles. The summed E-state index contributed by atoms with van der Waals surface area (Å²) in [5, 5.41) is 11.7. The minimum Gasteiger partial charge on any atom is -0.440 e. The van der Waals surface area contributed by atoms with Crippen LogP contribution in [-0.4, -0.2) is 22.5 Å². The van der Waals surface area contributed by atoms with Gasteiger partial charge in [-0.1, -0.05) is 23.4 Å². The molecule has 1 atom stereocenters. The Hall–Kier alpha value is -3.56. The van der Waals surface area contributed by atoms with Gasteiger partial charge in [-0.15, -0.1) is 23.4 Å². The first-order chi connectivity index (χ1) is 13.9. The number of aromatic nitrogens is 2. The molecule has 1 aliphatic rings. The molecule has 3 aromatic rings. The fourth-order valence-corrected chi connectivity index (χ4v) is 2.72. The molecule has 0 fully saturated rings. The maximum Gasteiger partial charge on any atom is 0.573 e. The van der Waals surface area contributed by atoms with Crippen LogP contribution in [0.5, 0.6) is 11.5 Å². The van der Waals surface area contributed by atoms with E-state index in [2.05, 4.69) is 20.1 Å². The lowest BCUT2D eigenvalue weighted by Gasteiger charge is -2.11. The summed E-state index contributed by atoms with van der Waals surface area (Å²) in [5.74, 6) is 1.37. The molecule has 2 heterocycles. The Bertz CT molecular complexity index is 1030. The second-order valence-corrected chi connectivity index (χ2v) is 6.16. The fraction of sp³-hybridized carbons (Fsp3) is 0.211. The minimum absolute atomic E-state index is 0.301. The van der Waals surface area contributed by atoms with E-state index in [1.54, 1.807) is 31.2 Å². The summed E-state index contributed by atoms with van der Waals surface area (Å²) in [6, 6.07) is 12.5. The van der Waals surface area contributed by atoms with Gasteiger partial charge in [-0.05, 0) is 35.9 Å². The molecule has 0 saturated carbocycles. The molecule has 0 N–H and O–H groups in total. The number of rotatable bonds is 4. The number of oxime groups is 1. The van der Waals surface area contributed by atoms with Gasteiger partial charge in [0.05, 0.1) is 6.42 Å². The molecule has 0 aliphatic carbocycles. The van der Waals surface area contributed by atoms with E-state index in [-0.39, 0.29) is 5.75 Å². The van der Waals surface area contributed by atoms with Crippen molar-refractivity contribution in [2.24, 2.45) is 5.16 Å². The summed E-state index contributed by atoms with van der Waals surface area (Å²) in [7, 11) is 0. The minimum atomic E-state index is -4.73. The van der Waals surface area contributed by atoms with Crippen molar-refractivity contribution in [3.05, 3.63) is 60.0 Å². The molecule has 1 aliphatic heterocycles. The Morgan fingerprint density at radius 2 is 1.83 bits per heavy atom. The number of hydrogen-bond acceptors (Lipinski definition) is 7. The molecule has 0 amide bonds. The quantitative estimate of drug-likeness (QED) is 0.621. The molecule has 0 spiro atoms. The number of nitrogens with zero attached hydrogens (tertiary/aromatic N) is 3. The third-order valence-electron chi connectivity index (χ3n) is 3.97. The average molecular weight is 405 g/mol. The lowest BCUT2D eigenvalue weighted by atomic mass is 10.1. The first-order valence-corrected chi connectivity index (χ1v) is 8.52. The van der Waals surface area contributed by atoms with Crippen LogP contribution in [0.1, 0.15) is 24.0 Å². The highest BCUT2D eigenvalue weighted by Crippen LogP contribution is 2.31. The molecule has 10 heteroatoms. The summed E-state index contributed by atoms with van der Waals surface area (Å²) in [5.41, 5.74) is 1.34. The highest BCUT2D eigenvalue weighted by molar-refractivity contribution is 5.80. The third kappa shape index (κ3) is 4.65. The maximum atomic E-state index is 12.2. The first kappa shape index (κ1) is 18.8. The van der Waals surface area contributed by atoms with Crippen molar-refractivity contribution in [3.63, 3.8) is 0 Å². The Balaban J connectivity index is 1.39. The van der Waals surface area contributed by atoms with Crippen LogP contribution in [0.2, 0.25) is 0 Å². The Morgan fingerprint density at radius 1 is 1.03 bits per heavy atom. The van der Waals surface area contributed by atoms with E-state index in [9.17, 15) is 13.2 Å². The van der Waals surface area contributed by atoms with E-state index in [1.807, 2.05) is 0 Å². The van der Waals surface area contributed by atoms with Gasteiger partial charge in [0.15, 0.2) is 6.10 Å². The van der Waals surface area contributed by atoms with E-state index in [0.717, 1.165) is 0 Å². The van der Waals surface area contributed by atoms with Gasteiger partial charge < -0.3 is 18.7 Å². The van der Waals surface area contributed by atoms with Crippen LogP contribution in [-0.2, 0) is 4.84 Å². The van der Waals surface area contributed by atoms with Crippen LogP contribution in [0.25, 0.3) is 11.5 Å². The standard InChI is InChI=1S/C19H14F3N3O4/c1-11-23-24-18(26-11)13-3-2-4-15(9-13)27-17-10-16(29-25-17)12-5-7-14(8-6-12)28-19(20,21)22/h2-9,16H,10H2,1H3/t16-/m1/s1. The van der Waals surface area contributed by atoms with E-state index >= 15 is 0 Å². The van der Waals surface area contributed by atoms with Gasteiger partial charge in [-0.2, -0.15) is 0 Å². The molecule has 0 radical (unpaired) electrons. The van der Waals surface area contributed by atoms with Crippen LogP contribution in [0.15, 0.2) is 58.1 Å². The summed E-state index contributed by atoms with van der Waals surface area (Å²) >= 11 is 0. The van der Waals surface area contributed by atoms with E-state index in [0.29, 0.717) is 41.0 Å². The van der Waals surface area contributed by atoms with Gasteiger partial charge in [-0.25, -0.2) is 0 Å². The molecule has 150 valence electrons. The summed E-state index contributed by atoms with van der Waals surface area (Å²) < 4.78 is 51.7. The summed E-state index contributed by atoms with van der Waals surface area (Å²) in [6.45, 7) is 1.70. The predicted molar refractivity (Wildman–Crippen MR) is 94.1 cm³/mol. The molecule has 0 bridgehead atoms. The Labute approximate surface area is 162 Å². The Kier molecular flexibility index (Phi) is 4.83. The summed E-state index contributed by atoms with van der Waals surface area (Å²) in [6.07, 6.45) is -4.88. The van der Waals surface area contributed by atoms with Gasteiger partial charge in [-0.3, -0.25) is 0 Å². The summed E-state index contributed by atoms with van der Waals surface area (Å²) in [4.78, 5) is 5.34. The van der Waals surface area contributed by atoms with Crippen molar-refractivity contribution in [1.29, 1.82) is 0 Å². The maximum absolute atomic E-state index is 12.2. The van der Waals surface area contributed by atoms with Gasteiger partial charge >= 0.3 is 6.36 Å². The zero-order valence-electron chi connectivity index (χ0n) is 15.0. The number of benzene rings is 2. The monoisotopic (exact) mass is 405 g/mol. The highest BCUT2D eigenvalue weighted by atomic mass is 19.4. The topological polar surface area (TPSA) is 79.0 Å². The van der Waals surface area contributed by atoms with Crippen molar-refractivity contribution >= 4 is 5.90 Å². The predicted octanol–water partition coefficient (Wildman–Crippen LogP) is 4.80. The Morgan fingerprint density at radius 3 is 2.52 bits per heavy atom. The van der Waals surface area contributed by atoms with Gasteiger partial charge in [0.1, 0.15) is 11.5 Å². The highest BCUT2D eigenvalue weighted by Gasteiger charge is 2.31. The number of alkyl halides is 3. The number of hydrogen-bond donors (Lipinski definition) is 0. The molecule has 29 heavy (non-hydrogen) atoms. The van der Waals surface area contributed by atoms with E-state index in [1.165, 1.54) is 24.3 Å². The smallest absolute Gasteiger partial charge is 0.440 e. The number of aryl methyl sites for hydroxylation is 1. The van der Waals surface area contributed by atoms with Crippen molar-refractivity contribution in [2.75, 3.05) is 0 Å². The van der Waals surface area contributed by atoms with Crippen LogP contribution in [0.4, 0.5) is 13.2 Å². The normalized spacial score (nSPS) is 16.3. The van der Waals surface area contributed by atoms with Crippen molar-refractivity contribution in [1.82, 2.24) is 10.2 Å². The van der Waals surface area contributed by atoms with Crippen molar-refractivity contribution in [3.8, 4) is 23.0 Å². The van der Waals surface area contributed by atoms with Gasteiger partial charge in [0.25, 0.3) is 0 Å². The van der Waals surface area contributed by atoms with Crippen LogP contribution >= 0.6 is 0 Å². The molecule has 7 nitrogen and oxygen atoms in total. The fourth-order valence-electron chi connectivity index (χ4n) is 2.72. The molecule has 4 rings (SSSR count). The van der Waals surface area contributed by atoms with Crippen LogP contribution in [0, 0.1) is 6.92 Å². The van der Waals surface area contributed by atoms with Crippen molar-refractivity contribution in [2.45, 2.75) is 25.8 Å². The molecular formula is C19H14F3N3O4. The molecule has 2 aromatic carbocycles. The molecule has 0 saturated heterocycles. The van der Waals surface area contributed by atoms with Crippen LogP contribution in [0.3, 0.4) is 0 Å². The van der Waals surface area contributed by atoms with Gasteiger partial charge in [0, 0.05) is 12.5 Å². The number of halogens is 3. The van der Waals surface area contributed by atoms with Crippen LogP contribution < -0.4 is 9.47 Å². The largest absolute Gasteiger partial charge is 0.573 e. The van der Waals surface area contributed by atoms with E-state index < -0.39 is 12.5 Å². The van der Waals surface area contributed by atoms with Crippen molar-refractivity contribution < 1.29 is 31.9 Å². The third-order valence-corrected chi connectivity index (χ3v) is 3.97. The first-order valence-electron chi connectivity index (χ1n) is 8.52. The molecule has 0 unspecified atom stereocenters. The second-order valence-electron chi connectivity index (χ2n) is 6.16. The zero-order chi connectivity index (χ0) is 20.4. The second kappa shape index (κ2) is 7.46. The average Bonchev–Trinajstić information content (AvgIpc) is 3.31. The lowest BCUT2D eigenvalue weighted by Crippen LogP contribution is -2.17. The molecular weight excluding hydrogens is 391 g/mol. The lowest BCUT2D eigenvalue weighted by molar-refractivity contribution is -0.274. The number of ether oxygens (including phenoxy) is 2.